The number of aryl methyl sites for hydroxylation is 1. The first kappa shape index (κ1) is 15.4. The van der Waals surface area contributed by atoms with Gasteiger partial charge in [0.05, 0.1) is 16.9 Å². The molecule has 0 amide bonds. The minimum absolute atomic E-state index is 0.280. The molecule has 1 unspecified atom stereocenters. The molecule has 0 spiro atoms. The summed E-state index contributed by atoms with van der Waals surface area (Å²) in [4.78, 5) is 0.518. The highest BCUT2D eigenvalue weighted by Crippen LogP contribution is 2.30. The predicted molar refractivity (Wildman–Crippen MR) is 79.6 cm³/mol. The normalized spacial score (nSPS) is 12.6. The molecule has 0 aliphatic heterocycles. The van der Waals surface area contributed by atoms with Crippen LogP contribution in [0.25, 0.3) is 0 Å². The minimum Gasteiger partial charge on any atom is -0.386 e. The van der Waals surface area contributed by atoms with Gasteiger partial charge in [-0.25, -0.2) is 4.39 Å². The molecule has 0 aliphatic rings. The van der Waals surface area contributed by atoms with E-state index in [9.17, 15) is 9.50 Å². The van der Waals surface area contributed by atoms with Crippen molar-refractivity contribution in [2.45, 2.75) is 30.9 Å². The zero-order valence-corrected chi connectivity index (χ0v) is 12.7. The Labute approximate surface area is 126 Å². The Kier molecular flexibility index (Phi) is 5.46. The van der Waals surface area contributed by atoms with E-state index in [1.807, 2.05) is 6.92 Å². The first-order valence-corrected chi connectivity index (χ1v) is 7.76. The van der Waals surface area contributed by atoms with Crippen LogP contribution in [-0.4, -0.2) is 20.6 Å². The lowest BCUT2D eigenvalue weighted by atomic mass is 10.3. The van der Waals surface area contributed by atoms with Gasteiger partial charge < -0.3 is 5.11 Å². The molecular weight excluding hydrogens is 299 g/mol. The zero-order valence-electron chi connectivity index (χ0n) is 11.1. The summed E-state index contributed by atoms with van der Waals surface area (Å²) >= 11 is 7.33. The molecule has 2 rings (SSSR count). The van der Waals surface area contributed by atoms with E-state index in [-0.39, 0.29) is 5.82 Å². The van der Waals surface area contributed by atoms with E-state index in [1.165, 1.54) is 24.0 Å². The molecule has 1 atom stereocenters. The molecule has 3 nitrogen and oxygen atoms in total. The topological polar surface area (TPSA) is 38.0 Å². The van der Waals surface area contributed by atoms with E-state index in [2.05, 4.69) is 5.10 Å². The smallest absolute Gasteiger partial charge is 0.136 e. The lowest BCUT2D eigenvalue weighted by molar-refractivity contribution is 0.191. The Morgan fingerprint density at radius 2 is 2.20 bits per heavy atom. The summed E-state index contributed by atoms with van der Waals surface area (Å²) in [5, 5.41) is 14.8. The van der Waals surface area contributed by atoms with E-state index < -0.39 is 6.10 Å². The van der Waals surface area contributed by atoms with Gasteiger partial charge in [0, 0.05) is 17.2 Å². The van der Waals surface area contributed by atoms with Crippen LogP contribution in [0.1, 0.15) is 25.1 Å². The van der Waals surface area contributed by atoms with Crippen molar-refractivity contribution in [2.75, 3.05) is 5.75 Å². The Bertz CT molecular complexity index is 576. The van der Waals surface area contributed by atoms with Gasteiger partial charge in [0.15, 0.2) is 0 Å². The standard InChI is InChI=1S/C14H16ClFN2OS/c1-2-7-18-14(10(15)8-17-18)12(19)9-20-13-6-4-3-5-11(13)16/h3-6,8,12,19H,2,7,9H2,1H3. The summed E-state index contributed by atoms with van der Waals surface area (Å²) in [6.07, 6.45) is 1.66. The predicted octanol–water partition coefficient (Wildman–Crippen LogP) is 3.91. The number of thioether (sulfide) groups is 1. The number of hydrogen-bond donors (Lipinski definition) is 1. The minimum atomic E-state index is -0.777. The van der Waals surface area contributed by atoms with Gasteiger partial charge in [-0.15, -0.1) is 11.8 Å². The molecule has 0 aliphatic carbocycles. The largest absolute Gasteiger partial charge is 0.386 e. The number of rotatable bonds is 6. The summed E-state index contributed by atoms with van der Waals surface area (Å²) in [7, 11) is 0. The molecule has 1 aromatic carbocycles. The second-order valence-electron chi connectivity index (χ2n) is 4.36. The third-order valence-corrected chi connectivity index (χ3v) is 4.23. The van der Waals surface area contributed by atoms with Crippen LogP contribution in [0.4, 0.5) is 4.39 Å². The van der Waals surface area contributed by atoms with Crippen molar-refractivity contribution >= 4 is 23.4 Å². The van der Waals surface area contributed by atoms with E-state index >= 15 is 0 Å². The Morgan fingerprint density at radius 3 is 2.90 bits per heavy atom. The fourth-order valence-corrected chi connectivity index (χ4v) is 3.05. The number of aliphatic hydroxyl groups excluding tert-OH is 1. The molecule has 2 aromatic rings. The molecule has 0 saturated heterocycles. The maximum absolute atomic E-state index is 13.5. The highest BCUT2D eigenvalue weighted by molar-refractivity contribution is 7.99. The van der Waals surface area contributed by atoms with Crippen LogP contribution < -0.4 is 0 Å². The maximum atomic E-state index is 13.5. The van der Waals surface area contributed by atoms with Gasteiger partial charge in [0.1, 0.15) is 11.9 Å². The van der Waals surface area contributed by atoms with Gasteiger partial charge >= 0.3 is 0 Å². The second-order valence-corrected chi connectivity index (χ2v) is 5.83. The zero-order chi connectivity index (χ0) is 14.5. The van der Waals surface area contributed by atoms with E-state index in [1.54, 1.807) is 22.9 Å². The van der Waals surface area contributed by atoms with Crippen LogP contribution in [0.5, 0.6) is 0 Å². The molecule has 6 heteroatoms. The van der Waals surface area contributed by atoms with E-state index in [0.29, 0.717) is 27.9 Å². The highest BCUT2D eigenvalue weighted by Gasteiger charge is 2.18. The van der Waals surface area contributed by atoms with Gasteiger partial charge in [0.2, 0.25) is 0 Å². The number of aliphatic hydroxyl groups is 1. The van der Waals surface area contributed by atoms with Crippen LogP contribution >= 0.6 is 23.4 Å². The number of benzene rings is 1. The molecule has 0 bridgehead atoms. The van der Waals surface area contributed by atoms with Crippen LogP contribution in [0, 0.1) is 5.82 Å². The van der Waals surface area contributed by atoms with E-state index in [0.717, 1.165) is 6.42 Å². The second kappa shape index (κ2) is 7.11. The number of aromatic nitrogens is 2. The maximum Gasteiger partial charge on any atom is 0.136 e. The number of halogens is 2. The lowest BCUT2D eigenvalue weighted by Crippen LogP contribution is -2.11. The van der Waals surface area contributed by atoms with Crippen molar-refractivity contribution in [3.8, 4) is 0 Å². The molecule has 1 N–H and O–H groups in total. The first-order chi connectivity index (χ1) is 9.63. The van der Waals surface area contributed by atoms with Gasteiger partial charge in [-0.3, -0.25) is 4.68 Å². The highest BCUT2D eigenvalue weighted by atomic mass is 35.5. The Hall–Kier alpha value is -1.04. The van der Waals surface area contributed by atoms with Gasteiger partial charge in [-0.05, 0) is 18.6 Å². The SMILES string of the molecule is CCCn1ncc(Cl)c1C(O)CSc1ccccc1F. The Morgan fingerprint density at radius 1 is 1.45 bits per heavy atom. The van der Waals surface area contributed by atoms with Gasteiger partial charge in [-0.2, -0.15) is 5.10 Å². The molecule has 1 heterocycles. The third-order valence-electron chi connectivity index (χ3n) is 2.82. The molecule has 1 aromatic heterocycles. The lowest BCUT2D eigenvalue weighted by Gasteiger charge is -2.13. The van der Waals surface area contributed by atoms with Crippen molar-refractivity contribution in [2.24, 2.45) is 0 Å². The monoisotopic (exact) mass is 314 g/mol. The molecule has 0 radical (unpaired) electrons. The van der Waals surface area contributed by atoms with Crippen LogP contribution in [-0.2, 0) is 6.54 Å². The van der Waals surface area contributed by atoms with Gasteiger partial charge in [-0.1, -0.05) is 30.7 Å². The average molecular weight is 315 g/mol. The van der Waals surface area contributed by atoms with Crippen molar-refractivity contribution in [1.82, 2.24) is 9.78 Å². The molecule has 108 valence electrons. The van der Waals surface area contributed by atoms with Crippen LogP contribution in [0.15, 0.2) is 35.4 Å². The molecular formula is C14H16ClFN2OS. The number of hydrogen-bond acceptors (Lipinski definition) is 3. The average Bonchev–Trinajstić information content (AvgIpc) is 2.79. The Balaban J connectivity index is 2.07. The molecule has 20 heavy (non-hydrogen) atoms. The third kappa shape index (κ3) is 3.53. The summed E-state index contributed by atoms with van der Waals surface area (Å²) in [5.41, 5.74) is 0.595. The van der Waals surface area contributed by atoms with Crippen LogP contribution in [0.3, 0.4) is 0 Å². The summed E-state index contributed by atoms with van der Waals surface area (Å²) in [6.45, 7) is 2.73. The fourth-order valence-electron chi connectivity index (χ4n) is 1.90. The van der Waals surface area contributed by atoms with Crippen molar-refractivity contribution in [3.05, 3.63) is 47.0 Å². The van der Waals surface area contributed by atoms with Gasteiger partial charge in [0.25, 0.3) is 0 Å². The summed E-state index contributed by atoms with van der Waals surface area (Å²) in [5.74, 6) is 0.0497. The van der Waals surface area contributed by atoms with Crippen molar-refractivity contribution < 1.29 is 9.50 Å². The van der Waals surface area contributed by atoms with E-state index in [4.69, 9.17) is 11.6 Å². The van der Waals surface area contributed by atoms with Crippen LogP contribution in [0.2, 0.25) is 5.02 Å². The van der Waals surface area contributed by atoms with Crippen molar-refractivity contribution in [1.29, 1.82) is 0 Å². The van der Waals surface area contributed by atoms with Crippen molar-refractivity contribution in [3.63, 3.8) is 0 Å². The fraction of sp³-hybridized carbons (Fsp3) is 0.357. The summed E-state index contributed by atoms with van der Waals surface area (Å²) < 4.78 is 15.2. The molecule has 0 saturated carbocycles. The quantitative estimate of drug-likeness (QED) is 0.821. The number of nitrogens with zero attached hydrogens (tertiary/aromatic N) is 2. The first-order valence-electron chi connectivity index (χ1n) is 6.40. The molecule has 0 fully saturated rings. The summed E-state index contributed by atoms with van der Waals surface area (Å²) in [6, 6.07) is 6.51.